The van der Waals surface area contributed by atoms with Crippen molar-refractivity contribution >= 4 is 5.91 Å². The zero-order valence-electron chi connectivity index (χ0n) is 11.8. The van der Waals surface area contributed by atoms with Crippen molar-refractivity contribution in [1.29, 1.82) is 0 Å². The van der Waals surface area contributed by atoms with Crippen LogP contribution in [0, 0.1) is 0 Å². The van der Waals surface area contributed by atoms with E-state index in [1.807, 2.05) is 0 Å². The number of benzene rings is 1. The van der Waals surface area contributed by atoms with Gasteiger partial charge in [0.1, 0.15) is 11.8 Å². The van der Waals surface area contributed by atoms with Gasteiger partial charge in [-0.15, -0.1) is 0 Å². The van der Waals surface area contributed by atoms with Crippen molar-refractivity contribution < 1.29 is 22.7 Å². The number of hydrogen-bond acceptors (Lipinski definition) is 2. The van der Waals surface area contributed by atoms with E-state index in [0.29, 0.717) is 25.2 Å². The van der Waals surface area contributed by atoms with Gasteiger partial charge >= 0.3 is 6.18 Å². The summed E-state index contributed by atoms with van der Waals surface area (Å²) < 4.78 is 44.6. The van der Waals surface area contributed by atoms with Crippen molar-refractivity contribution in [2.75, 3.05) is 13.2 Å². The first-order valence-electron chi connectivity index (χ1n) is 7.04. The number of likely N-dealkylation sites (tertiary alicyclic amines) is 1. The van der Waals surface area contributed by atoms with Crippen LogP contribution in [-0.4, -0.2) is 36.2 Å². The highest BCUT2D eigenvalue weighted by Gasteiger charge is 2.46. The van der Waals surface area contributed by atoms with Crippen LogP contribution in [0.1, 0.15) is 36.5 Å². The van der Waals surface area contributed by atoms with Crippen LogP contribution in [0.25, 0.3) is 0 Å². The molecule has 1 fully saturated rings. The number of carbonyl (C=O) groups excluding carboxylic acids is 1. The van der Waals surface area contributed by atoms with Crippen LogP contribution >= 0.6 is 0 Å². The summed E-state index contributed by atoms with van der Waals surface area (Å²) in [6, 6.07) is 4.73. The molecule has 1 aliphatic rings. The molecule has 1 unspecified atom stereocenters. The van der Waals surface area contributed by atoms with Crippen molar-refractivity contribution in [3.63, 3.8) is 0 Å². The predicted molar refractivity (Wildman–Crippen MR) is 72.3 cm³/mol. The molecule has 2 rings (SSSR count). The lowest BCUT2D eigenvalue weighted by atomic mass is 10.00. The molecule has 6 heteroatoms. The number of carbonyl (C=O) groups is 1. The van der Waals surface area contributed by atoms with Gasteiger partial charge in [0.25, 0.3) is 5.91 Å². The first-order chi connectivity index (χ1) is 9.95. The van der Waals surface area contributed by atoms with E-state index in [1.54, 1.807) is 25.1 Å². The van der Waals surface area contributed by atoms with Crippen LogP contribution in [0.5, 0.6) is 5.75 Å². The number of hydrogen-bond donors (Lipinski definition) is 0. The van der Waals surface area contributed by atoms with Crippen LogP contribution in [0.3, 0.4) is 0 Å². The molecule has 1 saturated heterocycles. The van der Waals surface area contributed by atoms with Gasteiger partial charge in [-0.25, -0.2) is 0 Å². The quantitative estimate of drug-likeness (QED) is 0.853. The van der Waals surface area contributed by atoms with Gasteiger partial charge in [-0.3, -0.25) is 4.79 Å². The van der Waals surface area contributed by atoms with E-state index in [0.717, 1.165) is 4.90 Å². The van der Waals surface area contributed by atoms with Gasteiger partial charge in [0, 0.05) is 6.54 Å². The maximum atomic E-state index is 13.1. The van der Waals surface area contributed by atoms with Crippen LogP contribution in [0.4, 0.5) is 13.2 Å². The van der Waals surface area contributed by atoms with Gasteiger partial charge in [0.05, 0.1) is 12.2 Å². The fourth-order valence-electron chi connectivity index (χ4n) is 2.59. The molecule has 0 radical (unpaired) electrons. The average Bonchev–Trinajstić information content (AvgIpc) is 2.46. The van der Waals surface area contributed by atoms with Gasteiger partial charge in [0.2, 0.25) is 0 Å². The van der Waals surface area contributed by atoms with Crippen LogP contribution < -0.4 is 4.74 Å². The molecule has 1 aliphatic heterocycles. The Hall–Kier alpha value is -1.72. The van der Waals surface area contributed by atoms with Crippen LogP contribution in [0.15, 0.2) is 24.3 Å². The Morgan fingerprint density at radius 1 is 1.33 bits per heavy atom. The van der Waals surface area contributed by atoms with Crippen molar-refractivity contribution in [2.24, 2.45) is 0 Å². The van der Waals surface area contributed by atoms with Crippen molar-refractivity contribution in [3.05, 3.63) is 29.8 Å². The van der Waals surface area contributed by atoms with Gasteiger partial charge in [-0.2, -0.15) is 13.2 Å². The Bertz CT molecular complexity index is 502. The molecule has 0 spiro atoms. The minimum atomic E-state index is -4.39. The summed E-state index contributed by atoms with van der Waals surface area (Å²) in [6.45, 7) is 2.25. The second-order valence-electron chi connectivity index (χ2n) is 4.98. The Morgan fingerprint density at radius 2 is 2.05 bits per heavy atom. The maximum absolute atomic E-state index is 13.1. The molecule has 0 aliphatic carbocycles. The third-order valence-corrected chi connectivity index (χ3v) is 3.56. The van der Waals surface area contributed by atoms with Gasteiger partial charge in [0.15, 0.2) is 0 Å². The summed E-state index contributed by atoms with van der Waals surface area (Å²) in [5.41, 5.74) is 0.190. The number of ether oxygens (including phenoxy) is 1. The third-order valence-electron chi connectivity index (χ3n) is 3.56. The van der Waals surface area contributed by atoms with Crippen molar-refractivity contribution in [2.45, 2.75) is 38.4 Å². The van der Waals surface area contributed by atoms with Gasteiger partial charge in [-0.1, -0.05) is 12.1 Å². The SMILES string of the molecule is CCOc1ccccc1C(=O)N1CCCCC1C(F)(F)F. The number of para-hydroxylation sites is 1. The number of nitrogens with zero attached hydrogens (tertiary/aromatic N) is 1. The summed E-state index contributed by atoms with van der Waals surface area (Å²) in [5, 5.41) is 0. The lowest BCUT2D eigenvalue weighted by molar-refractivity contribution is -0.183. The first kappa shape index (κ1) is 15.7. The second-order valence-corrected chi connectivity index (χ2v) is 4.98. The Labute approximate surface area is 121 Å². The fraction of sp³-hybridized carbons (Fsp3) is 0.533. The molecule has 1 amide bonds. The number of piperidine rings is 1. The monoisotopic (exact) mass is 301 g/mol. The molecule has 1 heterocycles. The average molecular weight is 301 g/mol. The first-order valence-corrected chi connectivity index (χ1v) is 7.04. The predicted octanol–water partition coefficient (Wildman–Crippen LogP) is 3.64. The van der Waals surface area contributed by atoms with Crippen molar-refractivity contribution in [1.82, 2.24) is 4.90 Å². The summed E-state index contributed by atoms with van der Waals surface area (Å²) in [4.78, 5) is 13.4. The molecular formula is C15H18F3NO2. The highest BCUT2D eigenvalue weighted by molar-refractivity contribution is 5.97. The zero-order valence-corrected chi connectivity index (χ0v) is 11.8. The fourth-order valence-corrected chi connectivity index (χ4v) is 2.59. The van der Waals surface area contributed by atoms with Gasteiger partial charge in [-0.05, 0) is 38.3 Å². The molecule has 21 heavy (non-hydrogen) atoms. The molecule has 0 bridgehead atoms. The highest BCUT2D eigenvalue weighted by atomic mass is 19.4. The summed E-state index contributed by atoms with van der Waals surface area (Å²) >= 11 is 0. The molecular weight excluding hydrogens is 283 g/mol. The number of amides is 1. The summed E-state index contributed by atoms with van der Waals surface area (Å²) in [6.07, 6.45) is -3.35. The highest BCUT2D eigenvalue weighted by Crippen LogP contribution is 2.33. The summed E-state index contributed by atoms with van der Waals surface area (Å²) in [5.74, 6) is -0.280. The Kier molecular flexibility index (Phi) is 4.75. The molecule has 1 aromatic carbocycles. The topological polar surface area (TPSA) is 29.5 Å². The van der Waals surface area contributed by atoms with E-state index in [1.165, 1.54) is 6.07 Å². The van der Waals surface area contributed by atoms with E-state index in [2.05, 4.69) is 0 Å². The molecule has 0 saturated carbocycles. The van der Waals surface area contributed by atoms with E-state index < -0.39 is 18.1 Å². The lowest BCUT2D eigenvalue weighted by Gasteiger charge is -2.37. The molecule has 0 N–H and O–H groups in total. The minimum Gasteiger partial charge on any atom is -0.493 e. The van der Waals surface area contributed by atoms with E-state index >= 15 is 0 Å². The maximum Gasteiger partial charge on any atom is 0.408 e. The van der Waals surface area contributed by atoms with Crippen LogP contribution in [-0.2, 0) is 0 Å². The second kappa shape index (κ2) is 6.37. The number of alkyl halides is 3. The zero-order chi connectivity index (χ0) is 15.5. The van der Waals surface area contributed by atoms with Gasteiger partial charge < -0.3 is 9.64 Å². The Morgan fingerprint density at radius 3 is 2.71 bits per heavy atom. The largest absolute Gasteiger partial charge is 0.493 e. The smallest absolute Gasteiger partial charge is 0.408 e. The number of halogens is 3. The third kappa shape index (κ3) is 3.49. The van der Waals surface area contributed by atoms with E-state index in [9.17, 15) is 18.0 Å². The van der Waals surface area contributed by atoms with Crippen molar-refractivity contribution in [3.8, 4) is 5.75 Å². The molecule has 1 aromatic rings. The molecule has 0 aromatic heterocycles. The number of rotatable bonds is 3. The molecule has 1 atom stereocenters. The minimum absolute atomic E-state index is 0.0357. The summed E-state index contributed by atoms with van der Waals surface area (Å²) in [7, 11) is 0. The Balaban J connectivity index is 2.29. The molecule has 116 valence electrons. The van der Waals surface area contributed by atoms with Crippen LogP contribution in [0.2, 0.25) is 0 Å². The normalized spacial score (nSPS) is 19.4. The lowest BCUT2D eigenvalue weighted by Crippen LogP contribution is -2.51. The standard InChI is InChI=1S/C15H18F3NO2/c1-2-21-12-8-4-3-7-11(12)14(20)19-10-6-5-9-13(19)15(16,17)18/h3-4,7-8,13H,2,5-6,9-10H2,1H3. The van der Waals surface area contributed by atoms with E-state index in [-0.39, 0.29) is 18.5 Å². The van der Waals surface area contributed by atoms with E-state index in [4.69, 9.17) is 4.74 Å². The molecule has 3 nitrogen and oxygen atoms in total.